The van der Waals surface area contributed by atoms with Crippen LogP contribution in [-0.2, 0) is 13.0 Å². The molecule has 1 aliphatic heterocycles. The molecular weight excluding hydrogens is 316 g/mol. The SMILES string of the molecule is O=C(c1ccnc(Br)c1)N1CCCc2ccccc2C1. The number of halogens is 1. The van der Waals surface area contributed by atoms with Crippen molar-refractivity contribution in [3.8, 4) is 0 Å². The molecule has 0 unspecified atom stereocenters. The Balaban J connectivity index is 1.86. The summed E-state index contributed by atoms with van der Waals surface area (Å²) in [5, 5.41) is 0. The molecule has 3 nitrogen and oxygen atoms in total. The van der Waals surface area contributed by atoms with Crippen molar-refractivity contribution in [3.63, 3.8) is 0 Å². The zero-order chi connectivity index (χ0) is 13.9. The molecule has 0 saturated carbocycles. The van der Waals surface area contributed by atoms with Gasteiger partial charge in [0.25, 0.3) is 5.91 Å². The summed E-state index contributed by atoms with van der Waals surface area (Å²) in [6, 6.07) is 11.9. The maximum atomic E-state index is 12.6. The third kappa shape index (κ3) is 2.75. The number of aryl methyl sites for hydroxylation is 1. The number of amides is 1. The summed E-state index contributed by atoms with van der Waals surface area (Å²) < 4.78 is 0.693. The van der Waals surface area contributed by atoms with Crippen LogP contribution < -0.4 is 0 Å². The van der Waals surface area contributed by atoms with Crippen LogP contribution >= 0.6 is 15.9 Å². The van der Waals surface area contributed by atoms with Gasteiger partial charge in [0.05, 0.1) is 0 Å². The summed E-state index contributed by atoms with van der Waals surface area (Å²) in [5.74, 6) is 0.0739. The summed E-state index contributed by atoms with van der Waals surface area (Å²) in [7, 11) is 0. The number of benzene rings is 1. The van der Waals surface area contributed by atoms with Crippen LogP contribution in [0.2, 0.25) is 0 Å². The van der Waals surface area contributed by atoms with Gasteiger partial charge in [-0.2, -0.15) is 0 Å². The second-order valence-electron chi connectivity index (χ2n) is 4.97. The molecule has 0 atom stereocenters. The minimum atomic E-state index is 0.0739. The normalized spacial score (nSPS) is 14.6. The first-order valence-corrected chi connectivity index (χ1v) is 7.51. The fraction of sp³-hybridized carbons (Fsp3) is 0.250. The van der Waals surface area contributed by atoms with Gasteiger partial charge in [-0.3, -0.25) is 4.79 Å². The number of hydrogen-bond acceptors (Lipinski definition) is 2. The Hall–Kier alpha value is -1.68. The molecule has 102 valence electrons. The highest BCUT2D eigenvalue weighted by atomic mass is 79.9. The van der Waals surface area contributed by atoms with Crippen LogP contribution in [0.15, 0.2) is 47.2 Å². The highest BCUT2D eigenvalue weighted by molar-refractivity contribution is 9.10. The second-order valence-corrected chi connectivity index (χ2v) is 5.78. The number of nitrogens with zero attached hydrogens (tertiary/aromatic N) is 2. The van der Waals surface area contributed by atoms with Crippen molar-refractivity contribution in [3.05, 3.63) is 63.9 Å². The van der Waals surface area contributed by atoms with E-state index < -0.39 is 0 Å². The molecule has 3 rings (SSSR count). The Kier molecular flexibility index (Phi) is 3.83. The average Bonchev–Trinajstić information content (AvgIpc) is 2.68. The smallest absolute Gasteiger partial charge is 0.254 e. The van der Waals surface area contributed by atoms with Crippen LogP contribution in [0.1, 0.15) is 27.9 Å². The van der Waals surface area contributed by atoms with Crippen molar-refractivity contribution in [2.24, 2.45) is 0 Å². The van der Waals surface area contributed by atoms with Gasteiger partial charge in [0.2, 0.25) is 0 Å². The first-order valence-electron chi connectivity index (χ1n) is 6.71. The van der Waals surface area contributed by atoms with Gasteiger partial charge >= 0.3 is 0 Å². The molecule has 0 aliphatic carbocycles. The molecule has 1 amide bonds. The Morgan fingerprint density at radius 2 is 2.00 bits per heavy atom. The van der Waals surface area contributed by atoms with Crippen molar-refractivity contribution in [2.75, 3.05) is 6.54 Å². The van der Waals surface area contributed by atoms with E-state index in [0.717, 1.165) is 19.4 Å². The van der Waals surface area contributed by atoms with Crippen molar-refractivity contribution in [1.29, 1.82) is 0 Å². The van der Waals surface area contributed by atoms with Crippen LogP contribution in [0, 0.1) is 0 Å². The van der Waals surface area contributed by atoms with E-state index >= 15 is 0 Å². The standard InChI is InChI=1S/C16H15BrN2O/c17-15-10-13(7-8-18-15)16(20)19-9-3-6-12-4-1-2-5-14(12)11-19/h1-2,4-5,7-8,10H,3,6,9,11H2. The summed E-state index contributed by atoms with van der Waals surface area (Å²) in [6.07, 6.45) is 3.71. The number of hydrogen-bond donors (Lipinski definition) is 0. The van der Waals surface area contributed by atoms with Gasteiger partial charge in [-0.25, -0.2) is 4.98 Å². The minimum Gasteiger partial charge on any atom is -0.334 e. The van der Waals surface area contributed by atoms with Crippen LogP contribution in [0.25, 0.3) is 0 Å². The van der Waals surface area contributed by atoms with Crippen LogP contribution in [-0.4, -0.2) is 22.3 Å². The maximum absolute atomic E-state index is 12.6. The number of aromatic nitrogens is 1. The molecule has 0 bridgehead atoms. The summed E-state index contributed by atoms with van der Waals surface area (Å²) in [6.45, 7) is 1.49. The lowest BCUT2D eigenvalue weighted by molar-refractivity contribution is 0.0745. The van der Waals surface area contributed by atoms with Gasteiger partial charge in [-0.1, -0.05) is 24.3 Å². The largest absolute Gasteiger partial charge is 0.334 e. The molecular formula is C16H15BrN2O. The van der Waals surface area contributed by atoms with Gasteiger partial charge < -0.3 is 4.90 Å². The fourth-order valence-corrected chi connectivity index (χ4v) is 2.96. The van der Waals surface area contributed by atoms with Crippen LogP contribution in [0.3, 0.4) is 0 Å². The van der Waals surface area contributed by atoms with E-state index in [4.69, 9.17) is 0 Å². The summed E-state index contributed by atoms with van der Waals surface area (Å²) in [5.41, 5.74) is 3.30. The number of fused-ring (bicyclic) bond motifs is 1. The summed E-state index contributed by atoms with van der Waals surface area (Å²) in [4.78, 5) is 18.6. The van der Waals surface area contributed by atoms with Gasteiger partial charge in [-0.05, 0) is 52.0 Å². The van der Waals surface area contributed by atoms with Crippen LogP contribution in [0.5, 0.6) is 0 Å². The highest BCUT2D eigenvalue weighted by Crippen LogP contribution is 2.20. The zero-order valence-corrected chi connectivity index (χ0v) is 12.6. The molecule has 0 saturated heterocycles. The predicted molar refractivity (Wildman–Crippen MR) is 81.4 cm³/mol. The van der Waals surface area contributed by atoms with Crippen molar-refractivity contribution < 1.29 is 4.79 Å². The number of carbonyl (C=O) groups is 1. The van der Waals surface area contributed by atoms with Gasteiger partial charge in [0.1, 0.15) is 4.60 Å². The monoisotopic (exact) mass is 330 g/mol. The van der Waals surface area contributed by atoms with E-state index in [1.54, 1.807) is 18.3 Å². The first kappa shape index (κ1) is 13.3. The van der Waals surface area contributed by atoms with E-state index in [9.17, 15) is 4.79 Å². The predicted octanol–water partition coefficient (Wildman–Crippen LogP) is 3.43. The topological polar surface area (TPSA) is 33.2 Å². The summed E-state index contributed by atoms with van der Waals surface area (Å²) >= 11 is 3.31. The molecule has 1 aliphatic rings. The molecule has 2 heterocycles. The lowest BCUT2D eigenvalue weighted by Gasteiger charge is -2.21. The Bertz CT molecular complexity index is 642. The van der Waals surface area contributed by atoms with Gasteiger partial charge in [0, 0.05) is 24.8 Å². The fourth-order valence-electron chi connectivity index (χ4n) is 2.59. The van der Waals surface area contributed by atoms with Crippen molar-refractivity contribution >= 4 is 21.8 Å². The molecule has 2 aromatic rings. The lowest BCUT2D eigenvalue weighted by atomic mass is 10.0. The second kappa shape index (κ2) is 5.75. The molecule has 0 fully saturated rings. The molecule has 0 spiro atoms. The van der Waals surface area contributed by atoms with E-state index in [2.05, 4.69) is 39.1 Å². The number of pyridine rings is 1. The molecule has 0 radical (unpaired) electrons. The van der Waals surface area contributed by atoms with Gasteiger partial charge in [0.15, 0.2) is 0 Å². The zero-order valence-electron chi connectivity index (χ0n) is 11.1. The number of rotatable bonds is 1. The Labute approximate surface area is 126 Å². The Morgan fingerprint density at radius 1 is 1.20 bits per heavy atom. The van der Waals surface area contributed by atoms with Gasteiger partial charge in [-0.15, -0.1) is 0 Å². The average molecular weight is 331 g/mol. The van der Waals surface area contributed by atoms with E-state index in [1.807, 2.05) is 11.0 Å². The van der Waals surface area contributed by atoms with E-state index in [0.29, 0.717) is 16.7 Å². The van der Waals surface area contributed by atoms with Crippen molar-refractivity contribution in [2.45, 2.75) is 19.4 Å². The Morgan fingerprint density at radius 3 is 2.80 bits per heavy atom. The number of carbonyl (C=O) groups excluding carboxylic acids is 1. The third-order valence-corrected chi connectivity index (χ3v) is 4.05. The van der Waals surface area contributed by atoms with Crippen molar-refractivity contribution in [1.82, 2.24) is 9.88 Å². The molecule has 20 heavy (non-hydrogen) atoms. The molecule has 0 N–H and O–H groups in total. The van der Waals surface area contributed by atoms with E-state index in [-0.39, 0.29) is 5.91 Å². The maximum Gasteiger partial charge on any atom is 0.254 e. The molecule has 4 heteroatoms. The first-order chi connectivity index (χ1) is 9.74. The minimum absolute atomic E-state index is 0.0739. The molecule has 1 aromatic heterocycles. The lowest BCUT2D eigenvalue weighted by Crippen LogP contribution is -2.30. The van der Waals surface area contributed by atoms with Crippen LogP contribution in [0.4, 0.5) is 0 Å². The molecule has 1 aromatic carbocycles. The third-order valence-electron chi connectivity index (χ3n) is 3.61. The van der Waals surface area contributed by atoms with E-state index in [1.165, 1.54) is 11.1 Å². The quantitative estimate of drug-likeness (QED) is 0.750. The highest BCUT2D eigenvalue weighted by Gasteiger charge is 2.20.